The fourth-order valence-electron chi connectivity index (χ4n) is 2.34. The summed E-state index contributed by atoms with van der Waals surface area (Å²) in [4.78, 5) is 26.2. The molecule has 0 radical (unpaired) electrons. The minimum atomic E-state index is -0.518. The Balaban J connectivity index is 1.73. The predicted octanol–water partition coefficient (Wildman–Crippen LogP) is 2.34. The number of benzene rings is 2. The van der Waals surface area contributed by atoms with Crippen LogP contribution in [0.25, 0.3) is 10.9 Å². The van der Waals surface area contributed by atoms with E-state index in [2.05, 4.69) is 10.3 Å². The number of hydrogen-bond donors (Lipinski definition) is 3. The number of fused-ring (bicyclic) bond motifs is 1. The third-order valence-corrected chi connectivity index (χ3v) is 3.49. The van der Waals surface area contributed by atoms with E-state index in [-0.39, 0.29) is 18.3 Å². The number of carbonyl (C=O) groups excluding carboxylic acids is 2. The fourth-order valence-corrected chi connectivity index (χ4v) is 2.34. The van der Waals surface area contributed by atoms with E-state index in [4.69, 9.17) is 5.73 Å². The van der Waals surface area contributed by atoms with Crippen LogP contribution in [0.3, 0.4) is 0 Å². The van der Waals surface area contributed by atoms with E-state index in [1.807, 2.05) is 0 Å². The van der Waals surface area contributed by atoms with Crippen molar-refractivity contribution in [2.75, 3.05) is 0 Å². The van der Waals surface area contributed by atoms with E-state index < -0.39 is 5.91 Å². The van der Waals surface area contributed by atoms with Gasteiger partial charge in [-0.2, -0.15) is 0 Å². The van der Waals surface area contributed by atoms with Crippen molar-refractivity contribution in [3.63, 3.8) is 0 Å². The highest BCUT2D eigenvalue weighted by Crippen LogP contribution is 2.16. The van der Waals surface area contributed by atoms with E-state index in [0.717, 1.165) is 5.56 Å². The molecule has 116 valence electrons. The van der Waals surface area contributed by atoms with Crippen LogP contribution in [-0.4, -0.2) is 16.8 Å². The van der Waals surface area contributed by atoms with Gasteiger partial charge in [0.2, 0.25) is 5.91 Å². The summed E-state index contributed by atoms with van der Waals surface area (Å²) in [5, 5.41) is 3.37. The van der Waals surface area contributed by atoms with Crippen LogP contribution in [0.5, 0.6) is 0 Å². The molecule has 0 aliphatic rings. The summed E-state index contributed by atoms with van der Waals surface area (Å²) in [6.45, 7) is 0.254. The van der Waals surface area contributed by atoms with Gasteiger partial charge in [-0.3, -0.25) is 9.59 Å². The third kappa shape index (κ3) is 3.21. The molecule has 1 aromatic heterocycles. The van der Waals surface area contributed by atoms with Crippen LogP contribution >= 0.6 is 0 Å². The SMILES string of the molecule is NC(=O)c1cccc(CNC(=O)c2cc3cc(F)ccc3[nH]2)c1. The Bertz CT molecular complexity index is 902. The van der Waals surface area contributed by atoms with Crippen molar-refractivity contribution in [3.05, 3.63) is 71.2 Å². The Hall–Kier alpha value is -3.15. The molecular formula is C17H14FN3O2. The molecule has 3 aromatic rings. The standard InChI is InChI=1S/C17H14FN3O2/c18-13-4-5-14-12(7-13)8-15(21-14)17(23)20-9-10-2-1-3-11(6-10)16(19)22/h1-8,21H,9H2,(H2,19,22)(H,20,23). The van der Waals surface area contributed by atoms with Crippen LogP contribution in [0.1, 0.15) is 26.4 Å². The van der Waals surface area contributed by atoms with Gasteiger partial charge in [-0.1, -0.05) is 12.1 Å². The number of nitrogens with one attached hydrogen (secondary N) is 2. The smallest absolute Gasteiger partial charge is 0.267 e. The summed E-state index contributed by atoms with van der Waals surface area (Å²) in [6.07, 6.45) is 0. The molecule has 0 unspecified atom stereocenters. The van der Waals surface area contributed by atoms with E-state index in [1.54, 1.807) is 36.4 Å². The molecule has 0 aliphatic carbocycles. The number of rotatable bonds is 4. The number of H-pyrrole nitrogens is 1. The summed E-state index contributed by atoms with van der Waals surface area (Å²) in [5.74, 6) is -1.19. The van der Waals surface area contributed by atoms with Crippen molar-refractivity contribution >= 4 is 22.7 Å². The van der Waals surface area contributed by atoms with Gasteiger partial charge < -0.3 is 16.0 Å². The number of carbonyl (C=O) groups is 2. The number of aromatic nitrogens is 1. The second kappa shape index (κ2) is 5.92. The fraction of sp³-hybridized carbons (Fsp3) is 0.0588. The lowest BCUT2D eigenvalue weighted by atomic mass is 10.1. The first kappa shape index (κ1) is 14.8. The highest BCUT2D eigenvalue weighted by atomic mass is 19.1. The molecule has 0 spiro atoms. The Morgan fingerprint density at radius 2 is 1.96 bits per heavy atom. The van der Waals surface area contributed by atoms with Crippen LogP contribution < -0.4 is 11.1 Å². The summed E-state index contributed by atoms with van der Waals surface area (Å²) < 4.78 is 13.2. The summed E-state index contributed by atoms with van der Waals surface area (Å²) in [6, 6.07) is 12.6. The molecular weight excluding hydrogens is 297 g/mol. The summed E-state index contributed by atoms with van der Waals surface area (Å²) in [5.41, 5.74) is 7.40. The van der Waals surface area contributed by atoms with Gasteiger partial charge in [0.05, 0.1) is 0 Å². The monoisotopic (exact) mass is 311 g/mol. The van der Waals surface area contributed by atoms with Crippen LogP contribution in [0.15, 0.2) is 48.5 Å². The Labute approximate surface area is 131 Å². The second-order valence-electron chi connectivity index (χ2n) is 5.16. The molecule has 0 saturated carbocycles. The minimum absolute atomic E-state index is 0.254. The maximum Gasteiger partial charge on any atom is 0.267 e. The van der Waals surface area contributed by atoms with Crippen LogP contribution in [-0.2, 0) is 6.54 Å². The lowest BCUT2D eigenvalue weighted by Crippen LogP contribution is -2.23. The molecule has 5 nitrogen and oxygen atoms in total. The first-order valence-corrected chi connectivity index (χ1v) is 6.98. The molecule has 0 fully saturated rings. The van der Waals surface area contributed by atoms with Crippen molar-refractivity contribution in [2.24, 2.45) is 5.73 Å². The van der Waals surface area contributed by atoms with Gasteiger partial charge in [0.15, 0.2) is 0 Å². The number of amides is 2. The molecule has 3 rings (SSSR count). The second-order valence-corrected chi connectivity index (χ2v) is 5.16. The maximum absolute atomic E-state index is 13.2. The summed E-state index contributed by atoms with van der Waals surface area (Å²) >= 11 is 0. The normalized spacial score (nSPS) is 10.7. The lowest BCUT2D eigenvalue weighted by Gasteiger charge is -2.05. The molecule has 0 saturated heterocycles. The number of primary amides is 1. The van der Waals surface area contributed by atoms with Gasteiger partial charge in [-0.05, 0) is 42.0 Å². The molecule has 6 heteroatoms. The molecule has 0 bridgehead atoms. The molecule has 2 aromatic carbocycles. The molecule has 2 amide bonds. The van der Waals surface area contributed by atoms with Crippen molar-refractivity contribution in [1.29, 1.82) is 0 Å². The average Bonchev–Trinajstić information content (AvgIpc) is 2.96. The zero-order chi connectivity index (χ0) is 16.4. The highest BCUT2D eigenvalue weighted by molar-refractivity contribution is 5.98. The third-order valence-electron chi connectivity index (χ3n) is 3.49. The van der Waals surface area contributed by atoms with Crippen molar-refractivity contribution in [3.8, 4) is 0 Å². The van der Waals surface area contributed by atoms with Gasteiger partial charge in [-0.25, -0.2) is 4.39 Å². The molecule has 23 heavy (non-hydrogen) atoms. The molecule has 4 N–H and O–H groups in total. The first-order chi connectivity index (χ1) is 11.0. The van der Waals surface area contributed by atoms with Gasteiger partial charge in [0.25, 0.3) is 5.91 Å². The van der Waals surface area contributed by atoms with Crippen LogP contribution in [0.2, 0.25) is 0 Å². The molecule has 1 heterocycles. The predicted molar refractivity (Wildman–Crippen MR) is 84.4 cm³/mol. The van der Waals surface area contributed by atoms with Gasteiger partial charge in [0.1, 0.15) is 11.5 Å². The molecule has 0 atom stereocenters. The summed E-state index contributed by atoms with van der Waals surface area (Å²) in [7, 11) is 0. The van der Waals surface area contributed by atoms with Crippen LogP contribution in [0.4, 0.5) is 4.39 Å². The van der Waals surface area contributed by atoms with E-state index in [9.17, 15) is 14.0 Å². The minimum Gasteiger partial charge on any atom is -0.366 e. The van der Waals surface area contributed by atoms with Gasteiger partial charge >= 0.3 is 0 Å². The first-order valence-electron chi connectivity index (χ1n) is 6.98. The van der Waals surface area contributed by atoms with Crippen molar-refractivity contribution in [2.45, 2.75) is 6.54 Å². The lowest BCUT2D eigenvalue weighted by molar-refractivity contribution is 0.0946. The Morgan fingerprint density at radius 3 is 2.74 bits per heavy atom. The largest absolute Gasteiger partial charge is 0.366 e. The average molecular weight is 311 g/mol. The zero-order valence-corrected chi connectivity index (χ0v) is 12.1. The van der Waals surface area contributed by atoms with Crippen LogP contribution in [0, 0.1) is 5.82 Å². The number of hydrogen-bond acceptors (Lipinski definition) is 2. The Kier molecular flexibility index (Phi) is 3.80. The topological polar surface area (TPSA) is 88.0 Å². The number of nitrogens with two attached hydrogens (primary N) is 1. The van der Waals surface area contributed by atoms with E-state index in [0.29, 0.717) is 22.2 Å². The van der Waals surface area contributed by atoms with E-state index >= 15 is 0 Å². The van der Waals surface area contributed by atoms with Crippen molar-refractivity contribution in [1.82, 2.24) is 10.3 Å². The van der Waals surface area contributed by atoms with Gasteiger partial charge in [0, 0.05) is 23.0 Å². The molecule has 0 aliphatic heterocycles. The van der Waals surface area contributed by atoms with Crippen molar-refractivity contribution < 1.29 is 14.0 Å². The highest BCUT2D eigenvalue weighted by Gasteiger charge is 2.10. The number of aromatic amines is 1. The zero-order valence-electron chi connectivity index (χ0n) is 12.1. The maximum atomic E-state index is 13.2. The van der Waals surface area contributed by atoms with Gasteiger partial charge in [-0.15, -0.1) is 0 Å². The Morgan fingerprint density at radius 1 is 1.13 bits per heavy atom. The number of halogens is 1. The quantitative estimate of drug-likeness (QED) is 0.690. The van der Waals surface area contributed by atoms with E-state index in [1.165, 1.54) is 12.1 Å².